The van der Waals surface area contributed by atoms with Gasteiger partial charge in [0.25, 0.3) is 0 Å². The molecule has 0 unspecified atom stereocenters. The molecule has 0 aliphatic heterocycles. The van der Waals surface area contributed by atoms with Crippen LogP contribution in [0.5, 0.6) is 0 Å². The number of anilines is 1. The van der Waals surface area contributed by atoms with Gasteiger partial charge >= 0.3 is 0 Å². The predicted octanol–water partition coefficient (Wildman–Crippen LogP) is 1.93. The number of rotatable bonds is 4. The summed E-state index contributed by atoms with van der Waals surface area (Å²) in [7, 11) is 0. The van der Waals surface area contributed by atoms with E-state index in [0.29, 0.717) is 0 Å². The van der Waals surface area contributed by atoms with Crippen LogP contribution in [0.1, 0.15) is 12.5 Å². The summed E-state index contributed by atoms with van der Waals surface area (Å²) in [5.41, 5.74) is 8.67. The number of hydrogen-bond acceptors (Lipinski definition) is 2. The second-order valence-corrected chi connectivity index (χ2v) is 3.05. The van der Waals surface area contributed by atoms with Crippen LogP contribution < -0.4 is 11.1 Å². The van der Waals surface area contributed by atoms with E-state index >= 15 is 0 Å². The van der Waals surface area contributed by atoms with Crippen LogP contribution >= 0.6 is 0 Å². The molecular weight excluding hydrogens is 160 g/mol. The third-order valence-electron chi connectivity index (χ3n) is 1.82. The van der Waals surface area contributed by atoms with Gasteiger partial charge in [0.15, 0.2) is 0 Å². The Labute approximate surface area is 79.5 Å². The second-order valence-electron chi connectivity index (χ2n) is 3.05. The zero-order valence-electron chi connectivity index (χ0n) is 8.01. The van der Waals surface area contributed by atoms with E-state index in [4.69, 9.17) is 5.73 Å². The summed E-state index contributed by atoms with van der Waals surface area (Å²) in [5, 5.41) is 3.18. The number of allylic oxidation sites excluding steroid dienone is 1. The molecule has 0 aromatic heterocycles. The minimum atomic E-state index is 0.804. The SMILES string of the molecule is C=C(Cc1ccc(N)cc1)NCC. The first-order valence-electron chi connectivity index (χ1n) is 4.48. The minimum Gasteiger partial charge on any atom is -0.399 e. The Balaban J connectivity index is 2.54. The first-order chi connectivity index (χ1) is 6.22. The molecule has 1 aromatic rings. The van der Waals surface area contributed by atoms with Crippen LogP contribution in [-0.4, -0.2) is 6.54 Å². The molecule has 0 fully saturated rings. The number of nitrogens with one attached hydrogen (secondary N) is 1. The number of hydrogen-bond donors (Lipinski definition) is 2. The first-order valence-corrected chi connectivity index (χ1v) is 4.48. The fourth-order valence-electron chi connectivity index (χ4n) is 1.19. The Morgan fingerprint density at radius 2 is 2.00 bits per heavy atom. The maximum absolute atomic E-state index is 5.58. The second kappa shape index (κ2) is 4.55. The molecule has 13 heavy (non-hydrogen) atoms. The van der Waals surface area contributed by atoms with Crippen LogP contribution in [0.3, 0.4) is 0 Å². The zero-order valence-corrected chi connectivity index (χ0v) is 8.01. The summed E-state index contributed by atoms with van der Waals surface area (Å²) in [6, 6.07) is 7.87. The molecule has 0 amide bonds. The molecule has 3 N–H and O–H groups in total. The van der Waals surface area contributed by atoms with Gasteiger partial charge in [-0.3, -0.25) is 0 Å². The molecule has 70 valence electrons. The fraction of sp³-hybridized carbons (Fsp3) is 0.273. The summed E-state index contributed by atoms with van der Waals surface area (Å²) in [4.78, 5) is 0. The van der Waals surface area contributed by atoms with E-state index in [1.807, 2.05) is 24.3 Å². The van der Waals surface area contributed by atoms with Crippen molar-refractivity contribution in [3.05, 3.63) is 42.1 Å². The van der Waals surface area contributed by atoms with Gasteiger partial charge in [0.1, 0.15) is 0 Å². The number of benzene rings is 1. The van der Waals surface area contributed by atoms with Crippen LogP contribution in [-0.2, 0) is 6.42 Å². The van der Waals surface area contributed by atoms with Gasteiger partial charge in [0.2, 0.25) is 0 Å². The van der Waals surface area contributed by atoms with Gasteiger partial charge in [-0.1, -0.05) is 18.7 Å². The standard InChI is InChI=1S/C11H16N2/c1-3-13-9(2)8-10-4-6-11(12)7-5-10/h4-7,13H,2-3,8,12H2,1H3. The molecular formula is C11H16N2. The molecule has 2 nitrogen and oxygen atoms in total. The van der Waals surface area contributed by atoms with Crippen molar-refractivity contribution in [1.29, 1.82) is 0 Å². The average Bonchev–Trinajstić information content (AvgIpc) is 2.09. The van der Waals surface area contributed by atoms with E-state index in [0.717, 1.165) is 24.4 Å². The Hall–Kier alpha value is -1.44. The lowest BCUT2D eigenvalue weighted by Gasteiger charge is -2.06. The van der Waals surface area contributed by atoms with Crippen molar-refractivity contribution < 1.29 is 0 Å². The summed E-state index contributed by atoms with van der Waals surface area (Å²) < 4.78 is 0. The lowest BCUT2D eigenvalue weighted by Crippen LogP contribution is -2.12. The molecule has 1 aromatic carbocycles. The van der Waals surface area contributed by atoms with E-state index in [2.05, 4.69) is 18.8 Å². The van der Waals surface area contributed by atoms with Crippen molar-refractivity contribution in [2.24, 2.45) is 0 Å². The van der Waals surface area contributed by atoms with E-state index in [9.17, 15) is 0 Å². The third kappa shape index (κ3) is 3.20. The highest BCUT2D eigenvalue weighted by Crippen LogP contribution is 2.08. The number of likely N-dealkylation sites (N-methyl/N-ethyl adjacent to an activating group) is 1. The van der Waals surface area contributed by atoms with Gasteiger partial charge in [-0.2, -0.15) is 0 Å². The van der Waals surface area contributed by atoms with Gasteiger partial charge in [-0.25, -0.2) is 0 Å². The Morgan fingerprint density at radius 1 is 1.38 bits per heavy atom. The molecule has 0 bridgehead atoms. The summed E-state index contributed by atoms with van der Waals surface area (Å²) in [6.45, 7) is 6.91. The van der Waals surface area contributed by atoms with E-state index in [1.165, 1.54) is 5.56 Å². The molecule has 0 saturated carbocycles. The van der Waals surface area contributed by atoms with Gasteiger partial charge in [0.05, 0.1) is 0 Å². The van der Waals surface area contributed by atoms with Gasteiger partial charge in [-0.05, 0) is 24.6 Å². The highest BCUT2D eigenvalue weighted by Gasteiger charge is 1.95. The smallest absolute Gasteiger partial charge is 0.0314 e. The van der Waals surface area contributed by atoms with E-state index < -0.39 is 0 Å². The molecule has 2 heteroatoms. The molecule has 1 rings (SSSR count). The van der Waals surface area contributed by atoms with E-state index in [-0.39, 0.29) is 0 Å². The summed E-state index contributed by atoms with van der Waals surface area (Å²) >= 11 is 0. The lowest BCUT2D eigenvalue weighted by atomic mass is 10.1. The minimum absolute atomic E-state index is 0.804. The molecule has 0 aliphatic rings. The Kier molecular flexibility index (Phi) is 3.38. The highest BCUT2D eigenvalue weighted by molar-refractivity contribution is 5.40. The molecule has 0 aliphatic carbocycles. The van der Waals surface area contributed by atoms with Crippen LogP contribution in [0.25, 0.3) is 0 Å². The largest absolute Gasteiger partial charge is 0.399 e. The third-order valence-corrected chi connectivity index (χ3v) is 1.82. The van der Waals surface area contributed by atoms with Crippen molar-refractivity contribution in [2.45, 2.75) is 13.3 Å². The maximum atomic E-state index is 5.58. The number of nitrogens with two attached hydrogens (primary N) is 1. The monoisotopic (exact) mass is 176 g/mol. The van der Waals surface area contributed by atoms with Gasteiger partial charge < -0.3 is 11.1 Å². The average molecular weight is 176 g/mol. The normalized spacial score (nSPS) is 9.62. The van der Waals surface area contributed by atoms with Crippen LogP contribution in [0.4, 0.5) is 5.69 Å². The predicted molar refractivity (Wildman–Crippen MR) is 57.4 cm³/mol. The Bertz CT molecular complexity index is 275. The van der Waals surface area contributed by atoms with Gasteiger partial charge in [0, 0.05) is 24.4 Å². The molecule has 0 heterocycles. The molecule has 0 atom stereocenters. The Morgan fingerprint density at radius 3 is 2.54 bits per heavy atom. The topological polar surface area (TPSA) is 38.0 Å². The number of nitrogen functional groups attached to an aromatic ring is 1. The van der Waals surface area contributed by atoms with Crippen molar-refractivity contribution in [3.8, 4) is 0 Å². The van der Waals surface area contributed by atoms with Gasteiger partial charge in [-0.15, -0.1) is 0 Å². The maximum Gasteiger partial charge on any atom is 0.0314 e. The fourth-order valence-corrected chi connectivity index (χ4v) is 1.19. The highest BCUT2D eigenvalue weighted by atomic mass is 14.9. The summed E-state index contributed by atoms with van der Waals surface area (Å²) in [5.74, 6) is 0. The quantitative estimate of drug-likeness (QED) is 0.688. The van der Waals surface area contributed by atoms with Crippen molar-refractivity contribution in [1.82, 2.24) is 5.32 Å². The summed E-state index contributed by atoms with van der Waals surface area (Å²) in [6.07, 6.45) is 0.869. The lowest BCUT2D eigenvalue weighted by molar-refractivity contribution is 0.823. The van der Waals surface area contributed by atoms with Crippen LogP contribution in [0, 0.1) is 0 Å². The molecule has 0 saturated heterocycles. The van der Waals surface area contributed by atoms with Crippen LogP contribution in [0.2, 0.25) is 0 Å². The van der Waals surface area contributed by atoms with Crippen molar-refractivity contribution in [3.63, 3.8) is 0 Å². The van der Waals surface area contributed by atoms with Crippen molar-refractivity contribution in [2.75, 3.05) is 12.3 Å². The van der Waals surface area contributed by atoms with Crippen LogP contribution in [0.15, 0.2) is 36.5 Å². The van der Waals surface area contributed by atoms with E-state index in [1.54, 1.807) is 0 Å². The molecule has 0 spiro atoms. The first kappa shape index (κ1) is 9.65. The zero-order chi connectivity index (χ0) is 9.68. The molecule has 0 radical (unpaired) electrons. The van der Waals surface area contributed by atoms with Crippen molar-refractivity contribution >= 4 is 5.69 Å².